The number of carbonyl (C=O) groups excluding carboxylic acids is 2. The molecule has 5 aliphatic carbocycles. The smallest absolute Gasteiger partial charge is 0.231 e. The molecule has 4 bridgehead atoms. The quantitative estimate of drug-likeness (QED) is 0.729. The Morgan fingerprint density at radius 2 is 1.84 bits per heavy atom. The molecule has 1 N–H and O–H groups in total. The first-order chi connectivity index (χ1) is 15.4. The second kappa shape index (κ2) is 6.21. The summed E-state index contributed by atoms with van der Waals surface area (Å²) in [6.07, 6.45) is 7.50. The molecule has 6 fully saturated rings. The van der Waals surface area contributed by atoms with Crippen molar-refractivity contribution in [2.75, 3.05) is 6.79 Å². The average Bonchev–Trinajstić information content (AvgIpc) is 3.43. The second-order valence-corrected chi connectivity index (χ2v) is 11.9. The summed E-state index contributed by atoms with van der Waals surface area (Å²) in [4.78, 5) is 29.0. The van der Waals surface area contributed by atoms with E-state index in [1.165, 1.54) is 0 Å². The number of fused-ring (bicyclic) bond motifs is 1. The van der Waals surface area contributed by atoms with Crippen LogP contribution in [0.3, 0.4) is 0 Å². The second-order valence-electron chi connectivity index (χ2n) is 11.9. The molecule has 2 heterocycles. The van der Waals surface area contributed by atoms with E-state index in [9.17, 15) is 9.59 Å². The molecule has 2 amide bonds. The lowest BCUT2D eigenvalue weighted by atomic mass is 9.46. The largest absolute Gasteiger partial charge is 0.454 e. The van der Waals surface area contributed by atoms with Gasteiger partial charge in [-0.2, -0.15) is 0 Å². The van der Waals surface area contributed by atoms with Crippen molar-refractivity contribution in [3.05, 3.63) is 23.8 Å². The molecule has 8 rings (SSSR count). The number of β-lactam (4-membered cyclic amide) rings is 1. The first-order valence-corrected chi connectivity index (χ1v) is 12.4. The van der Waals surface area contributed by atoms with Gasteiger partial charge < -0.3 is 19.7 Å². The molecule has 1 aromatic carbocycles. The normalized spacial score (nSPS) is 40.4. The zero-order valence-corrected chi connectivity index (χ0v) is 18.9. The maximum Gasteiger partial charge on any atom is 0.231 e. The van der Waals surface area contributed by atoms with Crippen LogP contribution in [-0.4, -0.2) is 35.6 Å². The first kappa shape index (κ1) is 19.2. The Labute approximate surface area is 189 Å². The molecule has 2 aliphatic heterocycles. The van der Waals surface area contributed by atoms with E-state index in [0.29, 0.717) is 29.7 Å². The number of likely N-dealkylation sites (tertiary alicyclic amines) is 1. The number of nitrogens with zero attached hydrogens (tertiary/aromatic N) is 1. The number of hydrogen-bond acceptors (Lipinski definition) is 4. The maximum absolute atomic E-state index is 13.5. The van der Waals surface area contributed by atoms with E-state index in [1.54, 1.807) is 0 Å². The predicted molar refractivity (Wildman–Crippen MR) is 117 cm³/mol. The van der Waals surface area contributed by atoms with Gasteiger partial charge in [-0.3, -0.25) is 9.59 Å². The summed E-state index contributed by atoms with van der Waals surface area (Å²) in [5.41, 5.74) is 0.413. The van der Waals surface area contributed by atoms with Crippen molar-refractivity contribution < 1.29 is 19.1 Å². The lowest BCUT2D eigenvalue weighted by molar-refractivity contribution is -0.199. The standard InChI is InChI=1S/C26H32N2O4/c1-25(2)22(18-4-3-5-19-21(18)32-13-31-19)28(24(25)30)20-15-8-14-9-16(20)12-26(10-14,11-15)23(29)27-17-6-7-17/h3-5,14-17,20,22H,6-13H2,1-2H3,(H,27,29)/t14?,15?,16?,20-,22?,26-. The number of ether oxygens (including phenoxy) is 2. The van der Waals surface area contributed by atoms with E-state index in [2.05, 4.69) is 30.1 Å². The predicted octanol–water partition coefficient (Wildman–Crippen LogP) is 3.80. The Morgan fingerprint density at radius 1 is 1.09 bits per heavy atom. The molecular formula is C26H32N2O4. The molecule has 3 unspecified atom stereocenters. The fourth-order valence-electron chi connectivity index (χ4n) is 8.16. The molecule has 6 nitrogen and oxygen atoms in total. The highest BCUT2D eigenvalue weighted by Crippen LogP contribution is 2.65. The summed E-state index contributed by atoms with van der Waals surface area (Å²) >= 11 is 0. The molecule has 0 spiro atoms. The number of rotatable bonds is 4. The van der Waals surface area contributed by atoms with Crippen LogP contribution in [0, 0.1) is 28.6 Å². The highest BCUT2D eigenvalue weighted by Gasteiger charge is 2.66. The van der Waals surface area contributed by atoms with Crippen LogP contribution >= 0.6 is 0 Å². The molecule has 7 aliphatic rings. The zero-order chi connectivity index (χ0) is 21.8. The van der Waals surface area contributed by atoms with Gasteiger partial charge in [0.05, 0.1) is 16.9 Å². The molecule has 170 valence electrons. The lowest BCUT2D eigenvalue weighted by Gasteiger charge is -2.66. The van der Waals surface area contributed by atoms with Crippen molar-refractivity contribution >= 4 is 11.8 Å². The van der Waals surface area contributed by atoms with Crippen LogP contribution in [0.1, 0.15) is 70.4 Å². The Balaban J connectivity index is 1.22. The first-order valence-electron chi connectivity index (χ1n) is 12.4. The number of benzene rings is 1. The minimum absolute atomic E-state index is 0.00887. The third-order valence-corrected chi connectivity index (χ3v) is 9.41. The molecule has 0 radical (unpaired) electrons. The summed E-state index contributed by atoms with van der Waals surface area (Å²) < 4.78 is 11.5. The van der Waals surface area contributed by atoms with Gasteiger partial charge in [0.2, 0.25) is 18.6 Å². The van der Waals surface area contributed by atoms with Crippen molar-refractivity contribution in [2.24, 2.45) is 28.6 Å². The molecule has 1 saturated heterocycles. The van der Waals surface area contributed by atoms with Gasteiger partial charge in [-0.15, -0.1) is 0 Å². The zero-order valence-electron chi connectivity index (χ0n) is 18.9. The van der Waals surface area contributed by atoms with Crippen molar-refractivity contribution in [2.45, 2.75) is 76.9 Å². The highest BCUT2D eigenvalue weighted by molar-refractivity contribution is 5.91. The Kier molecular flexibility index (Phi) is 3.73. The number of amides is 2. The van der Waals surface area contributed by atoms with Crippen LogP contribution in [0.2, 0.25) is 0 Å². The van der Waals surface area contributed by atoms with Crippen molar-refractivity contribution in [1.82, 2.24) is 10.2 Å². The van der Waals surface area contributed by atoms with E-state index in [4.69, 9.17) is 9.47 Å². The highest BCUT2D eigenvalue weighted by atomic mass is 16.7. The number of nitrogens with one attached hydrogen (secondary N) is 1. The Morgan fingerprint density at radius 3 is 2.56 bits per heavy atom. The summed E-state index contributed by atoms with van der Waals surface area (Å²) in [5.74, 6) is 3.59. The van der Waals surface area contributed by atoms with Gasteiger partial charge in [-0.25, -0.2) is 0 Å². The molecule has 5 saturated carbocycles. The lowest BCUT2D eigenvalue weighted by Crippen LogP contribution is -2.71. The van der Waals surface area contributed by atoms with Crippen LogP contribution in [-0.2, 0) is 9.59 Å². The van der Waals surface area contributed by atoms with Crippen molar-refractivity contribution in [1.29, 1.82) is 0 Å². The summed E-state index contributed by atoms with van der Waals surface area (Å²) in [6, 6.07) is 6.68. The van der Waals surface area contributed by atoms with Gasteiger partial charge >= 0.3 is 0 Å². The minimum Gasteiger partial charge on any atom is -0.454 e. The fraction of sp³-hybridized carbons (Fsp3) is 0.692. The monoisotopic (exact) mass is 436 g/mol. The van der Waals surface area contributed by atoms with Crippen LogP contribution < -0.4 is 14.8 Å². The van der Waals surface area contributed by atoms with Gasteiger partial charge in [0.1, 0.15) is 0 Å². The van der Waals surface area contributed by atoms with Crippen LogP contribution in [0.5, 0.6) is 11.5 Å². The van der Waals surface area contributed by atoms with Crippen LogP contribution in [0.25, 0.3) is 0 Å². The van der Waals surface area contributed by atoms with E-state index in [0.717, 1.165) is 62.0 Å². The number of para-hydroxylation sites is 1. The van der Waals surface area contributed by atoms with Gasteiger partial charge in [-0.05, 0) is 82.6 Å². The average molecular weight is 437 g/mol. The third kappa shape index (κ3) is 2.47. The molecule has 0 aromatic heterocycles. The third-order valence-electron chi connectivity index (χ3n) is 9.41. The summed E-state index contributed by atoms with van der Waals surface area (Å²) in [6.45, 7) is 4.36. The van der Waals surface area contributed by atoms with E-state index < -0.39 is 5.41 Å². The van der Waals surface area contributed by atoms with Gasteiger partial charge in [0.15, 0.2) is 11.5 Å². The van der Waals surface area contributed by atoms with E-state index in [1.807, 2.05) is 12.1 Å². The van der Waals surface area contributed by atoms with Gasteiger partial charge in [0, 0.05) is 17.6 Å². The van der Waals surface area contributed by atoms with Crippen molar-refractivity contribution in [3.8, 4) is 11.5 Å². The maximum atomic E-state index is 13.5. The minimum atomic E-state index is -0.462. The Bertz CT molecular complexity index is 999. The molecule has 6 heteroatoms. The van der Waals surface area contributed by atoms with Gasteiger partial charge in [-0.1, -0.05) is 12.1 Å². The number of carbonyl (C=O) groups is 2. The van der Waals surface area contributed by atoms with Gasteiger partial charge in [0.25, 0.3) is 0 Å². The molecule has 32 heavy (non-hydrogen) atoms. The van der Waals surface area contributed by atoms with Crippen LogP contribution in [0.15, 0.2) is 18.2 Å². The summed E-state index contributed by atoms with van der Waals surface area (Å²) in [5, 5.41) is 3.32. The molecule has 1 aromatic rings. The van der Waals surface area contributed by atoms with Crippen molar-refractivity contribution in [3.63, 3.8) is 0 Å². The number of hydrogen-bond donors (Lipinski definition) is 1. The topological polar surface area (TPSA) is 67.9 Å². The fourth-order valence-corrected chi connectivity index (χ4v) is 8.16. The SMILES string of the molecule is CC1(C)C(=O)N([C@H]2C3CC4CC2C[C@](C(=O)NC2CC2)(C4)C3)C1c1cccc2c1OCO2. The summed E-state index contributed by atoms with van der Waals surface area (Å²) in [7, 11) is 0. The van der Waals surface area contributed by atoms with E-state index >= 15 is 0 Å². The van der Waals surface area contributed by atoms with E-state index in [-0.39, 0.29) is 30.2 Å². The van der Waals surface area contributed by atoms with Crippen LogP contribution in [0.4, 0.5) is 0 Å². The Hall–Kier alpha value is -2.24. The molecular weight excluding hydrogens is 404 g/mol. The molecule has 3 atom stereocenters.